The number of hydrogen-bond donors (Lipinski definition) is 0. The molecule has 6 atom stereocenters. The third kappa shape index (κ3) is 2.52. The number of esters is 1. The highest BCUT2D eigenvalue weighted by atomic mass is 16.5. The Bertz CT molecular complexity index is 862. The molecule has 4 aliphatic carbocycles. The van der Waals surface area contributed by atoms with Crippen LogP contribution in [-0.2, 0) is 21.4 Å². The Hall–Kier alpha value is -1.71. The molecule has 2 fully saturated rings. The second kappa shape index (κ2) is 6.14. The molecule has 0 bridgehead atoms. The van der Waals surface area contributed by atoms with E-state index in [0.717, 1.165) is 43.3 Å². The van der Waals surface area contributed by atoms with Gasteiger partial charge in [0.2, 0.25) is 0 Å². The summed E-state index contributed by atoms with van der Waals surface area (Å²) in [5, 5.41) is 0. The van der Waals surface area contributed by atoms with Gasteiger partial charge in [0.15, 0.2) is 0 Å². The van der Waals surface area contributed by atoms with Crippen molar-refractivity contribution < 1.29 is 9.53 Å². The largest absolute Gasteiger partial charge is 0.462 e. The van der Waals surface area contributed by atoms with Crippen molar-refractivity contribution >= 4 is 5.97 Å². The van der Waals surface area contributed by atoms with Crippen molar-refractivity contribution in [2.24, 2.45) is 23.2 Å². The predicted molar refractivity (Wildman–Crippen MR) is 108 cm³/mol. The van der Waals surface area contributed by atoms with E-state index in [-0.39, 0.29) is 22.9 Å². The number of nitrogens with zero attached hydrogens (tertiary/aromatic N) is 2. The maximum atomic E-state index is 11.4. The Morgan fingerprint density at radius 2 is 1.93 bits per heavy atom. The molecule has 4 nitrogen and oxygen atoms in total. The van der Waals surface area contributed by atoms with Gasteiger partial charge in [-0.25, -0.2) is 9.97 Å². The van der Waals surface area contributed by atoms with Crippen LogP contribution in [-0.4, -0.2) is 22.0 Å². The van der Waals surface area contributed by atoms with Gasteiger partial charge >= 0.3 is 5.97 Å². The van der Waals surface area contributed by atoms with E-state index < -0.39 is 0 Å². The second-order valence-corrected chi connectivity index (χ2v) is 10.2. The fraction of sp³-hybridized carbons (Fsp3) is 0.708. The first-order valence-electron chi connectivity index (χ1n) is 11.0. The highest BCUT2D eigenvalue weighted by Gasteiger charge is 2.58. The molecule has 1 heterocycles. The van der Waals surface area contributed by atoms with Gasteiger partial charge in [-0.3, -0.25) is 4.79 Å². The lowest BCUT2D eigenvalue weighted by Crippen LogP contribution is -2.51. The van der Waals surface area contributed by atoms with Gasteiger partial charge in [0.25, 0.3) is 0 Å². The molecule has 1 aromatic heterocycles. The Morgan fingerprint density at radius 3 is 2.71 bits per heavy atom. The number of carbonyl (C=O) groups is 1. The third-order valence-electron chi connectivity index (χ3n) is 8.75. The highest BCUT2D eigenvalue weighted by molar-refractivity contribution is 5.66. The molecular weight excluding hydrogens is 348 g/mol. The van der Waals surface area contributed by atoms with Crippen molar-refractivity contribution in [1.82, 2.24) is 9.97 Å². The van der Waals surface area contributed by atoms with Gasteiger partial charge in [0, 0.05) is 25.0 Å². The van der Waals surface area contributed by atoms with E-state index >= 15 is 0 Å². The van der Waals surface area contributed by atoms with Gasteiger partial charge in [-0.15, -0.1) is 0 Å². The smallest absolute Gasteiger partial charge is 0.302 e. The van der Waals surface area contributed by atoms with Gasteiger partial charge in [-0.05, 0) is 74.2 Å². The average molecular weight is 381 g/mol. The third-order valence-corrected chi connectivity index (χ3v) is 8.75. The fourth-order valence-corrected chi connectivity index (χ4v) is 7.33. The lowest BCUT2D eigenvalue weighted by Gasteiger charge is -2.57. The van der Waals surface area contributed by atoms with Crippen LogP contribution in [0.2, 0.25) is 0 Å². The molecule has 0 amide bonds. The number of rotatable bonds is 1. The van der Waals surface area contributed by atoms with Crippen LogP contribution in [0.1, 0.15) is 76.4 Å². The molecule has 150 valence electrons. The van der Waals surface area contributed by atoms with Crippen LogP contribution in [0.15, 0.2) is 17.8 Å². The molecule has 0 saturated heterocycles. The molecule has 4 aliphatic rings. The minimum absolute atomic E-state index is 0.0798. The van der Waals surface area contributed by atoms with Gasteiger partial charge in [-0.2, -0.15) is 0 Å². The van der Waals surface area contributed by atoms with Gasteiger partial charge < -0.3 is 4.74 Å². The molecule has 1 aromatic rings. The summed E-state index contributed by atoms with van der Waals surface area (Å²) in [6, 6.07) is 0. The first-order valence-corrected chi connectivity index (χ1v) is 11.0. The van der Waals surface area contributed by atoms with E-state index in [1.54, 1.807) is 5.57 Å². The molecule has 0 unspecified atom stereocenters. The molecule has 28 heavy (non-hydrogen) atoms. The van der Waals surface area contributed by atoms with Crippen LogP contribution in [0.3, 0.4) is 0 Å². The van der Waals surface area contributed by atoms with Crippen molar-refractivity contribution in [2.45, 2.75) is 84.2 Å². The van der Waals surface area contributed by atoms with E-state index in [9.17, 15) is 4.79 Å². The standard InChI is InChI=1S/C24H32N2O2/c1-14-25-13-16-11-21-19-6-5-17-12-18(28-15(2)27)7-9-23(17,3)20(19)8-10-24(21,4)22(16)26-14/h5,13,18-21H,6-12H2,1-4H3/t18-,19+,20-,21-,23-,24-/m0/s1. The summed E-state index contributed by atoms with van der Waals surface area (Å²) in [5.74, 6) is 2.92. The minimum Gasteiger partial charge on any atom is -0.462 e. The molecule has 0 aliphatic heterocycles. The number of carbonyl (C=O) groups excluding carboxylic acids is 1. The Kier molecular flexibility index (Phi) is 4.02. The maximum Gasteiger partial charge on any atom is 0.302 e. The first kappa shape index (κ1) is 18.3. The molecule has 2 saturated carbocycles. The van der Waals surface area contributed by atoms with E-state index in [0.29, 0.717) is 5.92 Å². The zero-order chi connectivity index (χ0) is 19.7. The number of aryl methyl sites for hydroxylation is 1. The molecule has 0 spiro atoms. The Labute approximate surface area is 168 Å². The summed E-state index contributed by atoms with van der Waals surface area (Å²) in [7, 11) is 0. The molecule has 0 radical (unpaired) electrons. The lowest BCUT2D eigenvalue weighted by molar-refractivity contribution is -0.148. The van der Waals surface area contributed by atoms with Gasteiger partial charge in [0.05, 0.1) is 5.69 Å². The van der Waals surface area contributed by atoms with Crippen LogP contribution in [0.5, 0.6) is 0 Å². The zero-order valence-corrected chi connectivity index (χ0v) is 17.6. The summed E-state index contributed by atoms with van der Waals surface area (Å²) in [6.07, 6.45) is 12.6. The van der Waals surface area contributed by atoms with Crippen molar-refractivity contribution in [1.29, 1.82) is 0 Å². The summed E-state index contributed by atoms with van der Waals surface area (Å²) >= 11 is 0. The zero-order valence-electron chi connectivity index (χ0n) is 17.6. The lowest BCUT2D eigenvalue weighted by atomic mass is 9.48. The number of allylic oxidation sites excluding steroid dienone is 1. The summed E-state index contributed by atoms with van der Waals surface area (Å²) in [4.78, 5) is 20.8. The maximum absolute atomic E-state index is 11.4. The summed E-state index contributed by atoms with van der Waals surface area (Å²) < 4.78 is 5.57. The van der Waals surface area contributed by atoms with Crippen LogP contribution in [0, 0.1) is 30.1 Å². The van der Waals surface area contributed by atoms with Gasteiger partial charge in [-0.1, -0.05) is 25.5 Å². The van der Waals surface area contributed by atoms with Crippen LogP contribution < -0.4 is 0 Å². The topological polar surface area (TPSA) is 52.1 Å². The molecule has 4 heteroatoms. The molecule has 0 N–H and O–H groups in total. The second-order valence-electron chi connectivity index (χ2n) is 10.2. The predicted octanol–water partition coefficient (Wildman–Crippen LogP) is 4.69. The number of hydrogen-bond acceptors (Lipinski definition) is 4. The minimum atomic E-state index is -0.142. The van der Waals surface area contributed by atoms with Crippen molar-refractivity contribution in [3.8, 4) is 0 Å². The van der Waals surface area contributed by atoms with Crippen molar-refractivity contribution in [3.05, 3.63) is 34.9 Å². The monoisotopic (exact) mass is 380 g/mol. The number of fused-ring (bicyclic) bond motifs is 7. The highest BCUT2D eigenvalue weighted by Crippen LogP contribution is 2.63. The number of ether oxygens (including phenoxy) is 1. The fourth-order valence-electron chi connectivity index (χ4n) is 7.33. The average Bonchev–Trinajstić information content (AvgIpc) is 2.94. The van der Waals surface area contributed by atoms with Crippen molar-refractivity contribution in [3.63, 3.8) is 0 Å². The van der Waals surface area contributed by atoms with Gasteiger partial charge in [0.1, 0.15) is 11.9 Å². The van der Waals surface area contributed by atoms with Crippen LogP contribution in [0.25, 0.3) is 0 Å². The molecular formula is C24H32N2O2. The van der Waals surface area contributed by atoms with Crippen molar-refractivity contribution in [2.75, 3.05) is 0 Å². The quantitative estimate of drug-likeness (QED) is 0.524. The Balaban J connectivity index is 1.45. The SMILES string of the molecule is CC(=O)O[C@H]1CC[C@@]2(C)C(=CC[C@@H]3[C@@H]2CC[C@]2(C)c4nc(C)ncc4C[C@@H]32)C1. The van der Waals surface area contributed by atoms with E-state index in [1.807, 2.05) is 6.92 Å². The van der Waals surface area contributed by atoms with E-state index in [4.69, 9.17) is 9.72 Å². The number of aromatic nitrogens is 2. The first-order chi connectivity index (χ1) is 13.3. The van der Waals surface area contributed by atoms with Crippen LogP contribution in [0.4, 0.5) is 0 Å². The molecule has 0 aromatic carbocycles. The molecule has 5 rings (SSSR count). The van der Waals surface area contributed by atoms with Crippen LogP contribution >= 0.6 is 0 Å². The normalized spacial score (nSPS) is 41.2. The summed E-state index contributed by atoms with van der Waals surface area (Å²) in [5.41, 5.74) is 4.76. The summed E-state index contributed by atoms with van der Waals surface area (Å²) in [6.45, 7) is 8.50. The van der Waals surface area contributed by atoms with E-state index in [2.05, 4.69) is 31.1 Å². The Morgan fingerprint density at radius 1 is 1.14 bits per heavy atom. The van der Waals surface area contributed by atoms with E-state index in [1.165, 1.54) is 37.4 Å².